The lowest BCUT2D eigenvalue weighted by Crippen LogP contribution is -2.51. The van der Waals surface area contributed by atoms with E-state index in [-0.39, 0.29) is 5.91 Å². The average Bonchev–Trinajstić information content (AvgIpc) is 2.05. The summed E-state index contributed by atoms with van der Waals surface area (Å²) in [6.07, 6.45) is 2.90. The molecule has 2 fully saturated rings. The van der Waals surface area contributed by atoms with E-state index in [9.17, 15) is 4.79 Å². The van der Waals surface area contributed by atoms with Gasteiger partial charge in [-0.15, -0.1) is 0 Å². The molecule has 2 aliphatic rings. The molecule has 0 radical (unpaired) electrons. The molecule has 2 heterocycles. The van der Waals surface area contributed by atoms with Gasteiger partial charge in [-0.05, 0) is 18.8 Å². The molecule has 3 atom stereocenters. The van der Waals surface area contributed by atoms with Gasteiger partial charge in [0.2, 0.25) is 5.91 Å². The zero-order chi connectivity index (χ0) is 8.55. The molecule has 0 aliphatic carbocycles. The number of fused-ring (bicyclic) bond motifs is 1. The van der Waals surface area contributed by atoms with Gasteiger partial charge in [-0.1, -0.05) is 9.39 Å². The van der Waals surface area contributed by atoms with Gasteiger partial charge in [0.1, 0.15) is 0 Å². The summed E-state index contributed by atoms with van der Waals surface area (Å²) in [7, 11) is 2.75. The molecule has 0 spiro atoms. The second-order valence-electron chi connectivity index (χ2n) is 3.76. The third kappa shape index (κ3) is 1.62. The zero-order valence-corrected chi connectivity index (χ0v) is 8.28. The minimum absolute atomic E-state index is 0.244. The smallest absolute Gasteiger partial charge is 0.220 e. The van der Waals surface area contributed by atoms with Crippen LogP contribution in [0.25, 0.3) is 0 Å². The lowest BCUT2D eigenvalue weighted by molar-refractivity contribution is -0.124. The van der Waals surface area contributed by atoms with Crippen LogP contribution in [0.15, 0.2) is 0 Å². The molecular formula is C8H15N2OP. The van der Waals surface area contributed by atoms with Crippen molar-refractivity contribution in [3.05, 3.63) is 0 Å². The summed E-state index contributed by atoms with van der Waals surface area (Å²) in [5, 5.41) is 3.06. The first-order valence-corrected chi connectivity index (χ1v) is 5.06. The minimum Gasteiger partial charge on any atom is -0.353 e. The second-order valence-corrected chi connectivity index (χ2v) is 4.49. The molecule has 2 aliphatic heterocycles. The van der Waals surface area contributed by atoms with Crippen LogP contribution < -0.4 is 5.32 Å². The predicted molar refractivity (Wildman–Crippen MR) is 50.6 cm³/mol. The Balaban J connectivity index is 1.98. The fourth-order valence-electron chi connectivity index (χ4n) is 2.14. The Hall–Kier alpha value is -0.140. The Bertz CT molecular complexity index is 197. The van der Waals surface area contributed by atoms with E-state index in [0.717, 1.165) is 32.4 Å². The number of amides is 1. The van der Waals surface area contributed by atoms with E-state index in [1.165, 1.54) is 0 Å². The molecule has 1 N–H and O–H groups in total. The molecule has 0 bridgehead atoms. The van der Waals surface area contributed by atoms with Crippen molar-refractivity contribution in [1.82, 2.24) is 9.99 Å². The normalized spacial score (nSPS) is 37.2. The maximum Gasteiger partial charge on any atom is 0.220 e. The van der Waals surface area contributed by atoms with E-state index in [0.29, 0.717) is 12.0 Å². The highest BCUT2D eigenvalue weighted by Gasteiger charge is 2.32. The maximum atomic E-state index is 11.1. The largest absolute Gasteiger partial charge is 0.353 e. The lowest BCUT2D eigenvalue weighted by atomic mass is 9.86. The highest BCUT2D eigenvalue weighted by molar-refractivity contribution is 7.13. The van der Waals surface area contributed by atoms with Crippen LogP contribution in [0.1, 0.15) is 19.3 Å². The third-order valence-electron chi connectivity index (χ3n) is 2.85. The maximum absolute atomic E-state index is 11.1. The van der Waals surface area contributed by atoms with Crippen LogP contribution >= 0.6 is 9.39 Å². The van der Waals surface area contributed by atoms with Gasteiger partial charge in [0, 0.05) is 25.6 Å². The van der Waals surface area contributed by atoms with Gasteiger partial charge in [0.15, 0.2) is 0 Å². The third-order valence-corrected chi connectivity index (χ3v) is 3.32. The summed E-state index contributed by atoms with van der Waals surface area (Å²) in [6.45, 7) is 2.21. The number of hydrogen-bond acceptors (Lipinski definition) is 2. The van der Waals surface area contributed by atoms with Gasteiger partial charge in [-0.3, -0.25) is 9.46 Å². The minimum atomic E-state index is 0.244. The van der Waals surface area contributed by atoms with Crippen molar-refractivity contribution in [2.45, 2.75) is 25.3 Å². The van der Waals surface area contributed by atoms with E-state index >= 15 is 0 Å². The van der Waals surface area contributed by atoms with Crippen molar-refractivity contribution in [2.75, 3.05) is 13.1 Å². The van der Waals surface area contributed by atoms with E-state index in [1.807, 2.05) is 0 Å². The van der Waals surface area contributed by atoms with E-state index in [2.05, 4.69) is 19.4 Å². The Morgan fingerprint density at radius 1 is 1.50 bits per heavy atom. The second kappa shape index (κ2) is 3.31. The summed E-state index contributed by atoms with van der Waals surface area (Å²) in [4.78, 5) is 11.1. The molecule has 3 nitrogen and oxygen atoms in total. The first kappa shape index (κ1) is 8.46. The molecule has 0 aromatic rings. The number of nitrogens with zero attached hydrogens (tertiary/aromatic N) is 1. The predicted octanol–water partition coefficient (Wildman–Crippen LogP) is 0.377. The van der Waals surface area contributed by atoms with Gasteiger partial charge in [-0.2, -0.15) is 0 Å². The number of piperidine rings is 2. The van der Waals surface area contributed by atoms with Gasteiger partial charge in [0.05, 0.1) is 0 Å². The SMILES string of the molecule is O=C1CCC2CN(P)CCC2N1. The van der Waals surface area contributed by atoms with Crippen LogP contribution in [-0.4, -0.2) is 29.7 Å². The Morgan fingerprint density at radius 3 is 3.17 bits per heavy atom. The first-order chi connectivity index (χ1) is 5.75. The van der Waals surface area contributed by atoms with Crippen molar-refractivity contribution in [3.8, 4) is 0 Å². The van der Waals surface area contributed by atoms with Crippen molar-refractivity contribution < 1.29 is 4.79 Å². The van der Waals surface area contributed by atoms with E-state index < -0.39 is 0 Å². The van der Waals surface area contributed by atoms with E-state index in [4.69, 9.17) is 0 Å². The zero-order valence-electron chi connectivity index (χ0n) is 7.12. The lowest BCUT2D eigenvalue weighted by Gasteiger charge is -2.39. The molecule has 0 aromatic heterocycles. The van der Waals surface area contributed by atoms with Crippen molar-refractivity contribution in [3.63, 3.8) is 0 Å². The molecule has 3 unspecified atom stereocenters. The molecule has 4 heteroatoms. The van der Waals surface area contributed by atoms with Gasteiger partial charge < -0.3 is 5.32 Å². The van der Waals surface area contributed by atoms with Crippen LogP contribution in [0, 0.1) is 5.92 Å². The fraction of sp³-hybridized carbons (Fsp3) is 0.875. The number of hydrogen-bond donors (Lipinski definition) is 1. The average molecular weight is 186 g/mol. The fourth-order valence-corrected chi connectivity index (χ4v) is 2.56. The Labute approximate surface area is 75.1 Å². The summed E-state index contributed by atoms with van der Waals surface area (Å²) < 4.78 is 2.28. The summed E-state index contributed by atoms with van der Waals surface area (Å²) in [5.41, 5.74) is 0. The molecular weight excluding hydrogens is 171 g/mol. The molecule has 12 heavy (non-hydrogen) atoms. The number of rotatable bonds is 0. The number of carbonyl (C=O) groups is 1. The quantitative estimate of drug-likeness (QED) is 0.554. The van der Waals surface area contributed by atoms with Crippen LogP contribution in [0.2, 0.25) is 0 Å². The molecule has 0 aromatic carbocycles. The molecule has 68 valence electrons. The summed E-state index contributed by atoms with van der Waals surface area (Å²) >= 11 is 0. The van der Waals surface area contributed by atoms with Crippen LogP contribution in [0.5, 0.6) is 0 Å². The highest BCUT2D eigenvalue weighted by Crippen LogP contribution is 2.26. The van der Waals surface area contributed by atoms with Crippen LogP contribution in [-0.2, 0) is 4.79 Å². The molecule has 2 rings (SSSR count). The van der Waals surface area contributed by atoms with Crippen molar-refractivity contribution in [1.29, 1.82) is 0 Å². The number of nitrogens with one attached hydrogen (secondary N) is 1. The van der Waals surface area contributed by atoms with Crippen molar-refractivity contribution in [2.24, 2.45) is 5.92 Å². The van der Waals surface area contributed by atoms with Gasteiger partial charge >= 0.3 is 0 Å². The molecule has 2 saturated heterocycles. The highest BCUT2D eigenvalue weighted by atomic mass is 31.0. The molecule has 1 amide bonds. The van der Waals surface area contributed by atoms with Crippen LogP contribution in [0.4, 0.5) is 0 Å². The Morgan fingerprint density at radius 2 is 2.33 bits per heavy atom. The van der Waals surface area contributed by atoms with Gasteiger partial charge in [-0.25, -0.2) is 0 Å². The molecule has 0 saturated carbocycles. The monoisotopic (exact) mass is 186 g/mol. The van der Waals surface area contributed by atoms with Gasteiger partial charge in [0.25, 0.3) is 0 Å². The first-order valence-electron chi connectivity index (χ1n) is 4.55. The number of carbonyl (C=O) groups excluding carboxylic acids is 1. The van der Waals surface area contributed by atoms with Crippen molar-refractivity contribution >= 4 is 15.3 Å². The Kier molecular flexibility index (Phi) is 2.33. The standard InChI is InChI=1S/C8H15N2OP/c11-8-2-1-6-5-10(12)4-3-7(6)9-8/h6-7H,1-5,12H2,(H,9,11). The summed E-state index contributed by atoms with van der Waals surface area (Å²) in [5.74, 6) is 0.933. The summed E-state index contributed by atoms with van der Waals surface area (Å²) in [6, 6.07) is 0.461. The van der Waals surface area contributed by atoms with E-state index in [1.54, 1.807) is 0 Å². The van der Waals surface area contributed by atoms with Crippen LogP contribution in [0.3, 0.4) is 0 Å². The topological polar surface area (TPSA) is 32.3 Å².